The summed E-state index contributed by atoms with van der Waals surface area (Å²) in [5.74, 6) is -1.10. The first-order valence-electron chi connectivity index (χ1n) is 12.1. The van der Waals surface area contributed by atoms with Gasteiger partial charge >= 0.3 is 12.2 Å². The second-order valence-corrected chi connectivity index (χ2v) is 11.8. The van der Waals surface area contributed by atoms with E-state index in [9.17, 15) is 22.4 Å². The number of nitrogens with one attached hydrogen (secondary N) is 1. The van der Waals surface area contributed by atoms with Crippen LogP contribution in [0.5, 0.6) is 0 Å². The number of amides is 2. The molecule has 0 spiro atoms. The number of hydrogen-bond acceptors (Lipinski definition) is 7. The van der Waals surface area contributed by atoms with Crippen LogP contribution in [0.15, 0.2) is 47.4 Å². The number of rotatable bonds is 6. The predicted octanol–water partition coefficient (Wildman–Crippen LogP) is 3.33. The van der Waals surface area contributed by atoms with Gasteiger partial charge in [0, 0.05) is 32.7 Å². The van der Waals surface area contributed by atoms with Gasteiger partial charge in [0.2, 0.25) is 10.0 Å². The highest BCUT2D eigenvalue weighted by Gasteiger charge is 2.34. The first-order chi connectivity index (χ1) is 17.8. The fourth-order valence-electron chi connectivity index (χ4n) is 4.11. The molecule has 0 aliphatic carbocycles. The number of hydrogen-bond donors (Lipinski definition) is 1. The van der Waals surface area contributed by atoms with Crippen molar-refractivity contribution in [1.82, 2.24) is 9.62 Å². The molecule has 206 valence electrons. The monoisotopic (exact) mass is 552 g/mol. The summed E-state index contributed by atoms with van der Waals surface area (Å²) in [6, 6.07) is 8.70. The normalized spacial score (nSPS) is 18.5. The molecule has 38 heavy (non-hydrogen) atoms. The number of halogens is 2. The summed E-state index contributed by atoms with van der Waals surface area (Å²) in [7, 11) is -3.93. The molecular weight excluding hydrogens is 522 g/mol. The number of nitrogens with zero attached hydrogens (tertiary/aromatic N) is 3. The smallest absolute Gasteiger partial charge is 0.414 e. The summed E-state index contributed by atoms with van der Waals surface area (Å²) in [6.45, 7) is 6.78. The van der Waals surface area contributed by atoms with E-state index >= 15 is 4.39 Å². The van der Waals surface area contributed by atoms with Gasteiger partial charge in [0.1, 0.15) is 23.3 Å². The van der Waals surface area contributed by atoms with Crippen LogP contribution in [-0.4, -0.2) is 76.5 Å². The lowest BCUT2D eigenvalue weighted by molar-refractivity contribution is 0.0240. The van der Waals surface area contributed by atoms with E-state index in [1.807, 2.05) is 4.90 Å². The van der Waals surface area contributed by atoms with Crippen molar-refractivity contribution < 1.29 is 36.3 Å². The number of benzene rings is 2. The van der Waals surface area contributed by atoms with Crippen molar-refractivity contribution in [3.05, 3.63) is 54.1 Å². The highest BCUT2D eigenvalue weighted by molar-refractivity contribution is 7.89. The third-order valence-electron chi connectivity index (χ3n) is 6.01. The maximum Gasteiger partial charge on any atom is 0.414 e. The highest BCUT2D eigenvalue weighted by Crippen LogP contribution is 2.29. The SMILES string of the molecule is CC(C)(C)OC(=O)N1CCN(c2ccc(N3C[C@H](CNS(=O)(=O)c4ccc(F)cc4)OC3=O)cc2F)CC1. The largest absolute Gasteiger partial charge is 0.444 e. The van der Waals surface area contributed by atoms with E-state index in [-0.39, 0.29) is 23.7 Å². The van der Waals surface area contributed by atoms with Gasteiger partial charge in [-0.1, -0.05) is 0 Å². The third kappa shape index (κ3) is 6.51. The Morgan fingerprint density at radius 2 is 1.74 bits per heavy atom. The molecule has 2 aliphatic rings. The Bertz CT molecular complexity index is 1290. The predicted molar refractivity (Wildman–Crippen MR) is 136 cm³/mol. The van der Waals surface area contributed by atoms with E-state index in [0.29, 0.717) is 31.9 Å². The topological polar surface area (TPSA) is 108 Å². The summed E-state index contributed by atoms with van der Waals surface area (Å²) in [5.41, 5.74) is 0.0139. The van der Waals surface area contributed by atoms with E-state index in [0.717, 1.165) is 24.3 Å². The van der Waals surface area contributed by atoms with Crippen LogP contribution in [0.3, 0.4) is 0 Å². The van der Waals surface area contributed by atoms with Gasteiger partial charge in [-0.05, 0) is 63.2 Å². The minimum atomic E-state index is -3.93. The molecule has 2 heterocycles. The van der Waals surface area contributed by atoms with Crippen molar-refractivity contribution in [2.45, 2.75) is 37.4 Å². The minimum absolute atomic E-state index is 0.0120. The molecule has 2 aliphatic heterocycles. The highest BCUT2D eigenvalue weighted by atomic mass is 32.2. The summed E-state index contributed by atoms with van der Waals surface area (Å²) in [4.78, 5) is 29.2. The van der Waals surface area contributed by atoms with Crippen molar-refractivity contribution in [2.24, 2.45) is 0 Å². The Kier molecular flexibility index (Phi) is 7.79. The molecule has 1 atom stereocenters. The van der Waals surface area contributed by atoms with Crippen molar-refractivity contribution in [3.63, 3.8) is 0 Å². The Balaban J connectivity index is 1.34. The zero-order valence-corrected chi connectivity index (χ0v) is 22.1. The molecule has 2 aromatic rings. The number of carbonyl (C=O) groups is 2. The lowest BCUT2D eigenvalue weighted by atomic mass is 10.2. The standard InChI is InChI=1S/C25H30F2N4O6S/c1-25(2,3)37-23(32)30-12-10-29(11-13-30)22-9-6-18(14-21(22)27)31-16-19(36-24(31)33)15-28-38(34,35)20-7-4-17(26)5-8-20/h4-9,14,19,28H,10-13,15-16H2,1-3H3/t19-/m0/s1. The molecule has 4 rings (SSSR count). The molecule has 2 saturated heterocycles. The van der Waals surface area contributed by atoms with E-state index < -0.39 is 45.5 Å². The van der Waals surface area contributed by atoms with Gasteiger partial charge in [0.25, 0.3) is 0 Å². The molecule has 0 radical (unpaired) electrons. The Morgan fingerprint density at radius 1 is 1.08 bits per heavy atom. The molecule has 2 fully saturated rings. The molecule has 0 aromatic heterocycles. The second-order valence-electron chi connectivity index (χ2n) is 10.0. The Labute approximate surface area is 220 Å². The van der Waals surface area contributed by atoms with Crippen LogP contribution < -0.4 is 14.5 Å². The number of piperazine rings is 1. The summed E-state index contributed by atoms with van der Waals surface area (Å²) < 4.78 is 66.0. The van der Waals surface area contributed by atoms with Gasteiger partial charge in [0.15, 0.2) is 0 Å². The van der Waals surface area contributed by atoms with E-state index in [1.54, 1.807) is 37.8 Å². The zero-order valence-electron chi connectivity index (χ0n) is 21.3. The Morgan fingerprint density at radius 3 is 2.34 bits per heavy atom. The van der Waals surface area contributed by atoms with Gasteiger partial charge < -0.3 is 19.3 Å². The lowest BCUT2D eigenvalue weighted by Crippen LogP contribution is -2.50. The van der Waals surface area contributed by atoms with Crippen molar-refractivity contribution in [3.8, 4) is 0 Å². The molecule has 13 heteroatoms. The maximum atomic E-state index is 15.1. The molecule has 1 N–H and O–H groups in total. The molecule has 0 saturated carbocycles. The Hall–Kier alpha value is -3.45. The van der Waals surface area contributed by atoms with Gasteiger partial charge in [-0.15, -0.1) is 0 Å². The first kappa shape index (κ1) is 27.6. The average Bonchev–Trinajstić information content (AvgIpc) is 3.22. The lowest BCUT2D eigenvalue weighted by Gasteiger charge is -2.37. The molecule has 2 aromatic carbocycles. The number of cyclic esters (lactones) is 1. The van der Waals surface area contributed by atoms with E-state index in [4.69, 9.17) is 9.47 Å². The average molecular weight is 553 g/mol. The quantitative estimate of drug-likeness (QED) is 0.586. The van der Waals surface area contributed by atoms with Crippen LogP contribution in [0, 0.1) is 11.6 Å². The van der Waals surface area contributed by atoms with Crippen LogP contribution in [0.4, 0.5) is 29.7 Å². The minimum Gasteiger partial charge on any atom is -0.444 e. The van der Waals surface area contributed by atoms with Gasteiger partial charge in [-0.2, -0.15) is 0 Å². The number of carbonyl (C=O) groups excluding carboxylic acids is 2. The van der Waals surface area contributed by atoms with Crippen LogP contribution in [0.1, 0.15) is 20.8 Å². The van der Waals surface area contributed by atoms with Crippen molar-refractivity contribution >= 4 is 33.6 Å². The summed E-state index contributed by atoms with van der Waals surface area (Å²) in [6.07, 6.45) is -1.94. The maximum absolute atomic E-state index is 15.1. The van der Waals surface area contributed by atoms with E-state index in [2.05, 4.69) is 4.72 Å². The summed E-state index contributed by atoms with van der Waals surface area (Å²) in [5, 5.41) is 0. The molecule has 0 bridgehead atoms. The zero-order chi connectivity index (χ0) is 27.7. The fourth-order valence-corrected chi connectivity index (χ4v) is 5.18. The molecule has 10 nitrogen and oxygen atoms in total. The molecule has 0 unspecified atom stereocenters. The first-order valence-corrected chi connectivity index (χ1v) is 13.6. The second kappa shape index (κ2) is 10.7. The van der Waals surface area contributed by atoms with Gasteiger partial charge in [-0.25, -0.2) is 31.5 Å². The number of ether oxygens (including phenoxy) is 2. The third-order valence-corrected chi connectivity index (χ3v) is 7.45. The van der Waals surface area contributed by atoms with Gasteiger partial charge in [-0.3, -0.25) is 4.90 Å². The van der Waals surface area contributed by atoms with Crippen molar-refractivity contribution in [1.29, 1.82) is 0 Å². The van der Waals surface area contributed by atoms with Crippen LogP contribution in [0.25, 0.3) is 0 Å². The number of anilines is 2. The molecule has 2 amide bonds. The number of sulfonamides is 1. The van der Waals surface area contributed by atoms with Crippen LogP contribution >= 0.6 is 0 Å². The molecular formula is C25H30F2N4O6S. The van der Waals surface area contributed by atoms with Crippen molar-refractivity contribution in [2.75, 3.05) is 49.1 Å². The fraction of sp³-hybridized carbons (Fsp3) is 0.440. The van der Waals surface area contributed by atoms with Crippen LogP contribution in [-0.2, 0) is 19.5 Å². The summed E-state index contributed by atoms with van der Waals surface area (Å²) >= 11 is 0. The van der Waals surface area contributed by atoms with Crippen LogP contribution in [0.2, 0.25) is 0 Å². The van der Waals surface area contributed by atoms with Gasteiger partial charge in [0.05, 0.1) is 22.8 Å². The van der Waals surface area contributed by atoms with E-state index in [1.165, 1.54) is 11.0 Å².